The topological polar surface area (TPSA) is 37.8 Å². The molecule has 0 unspecified atom stereocenters. The average Bonchev–Trinajstić information content (AvgIpc) is 3.23. The van der Waals surface area contributed by atoms with E-state index in [1.165, 1.54) is 35.4 Å². The highest BCUT2D eigenvalue weighted by molar-refractivity contribution is 5.34. The molecule has 3 heteroatoms. The molecule has 4 rings (SSSR count). The third kappa shape index (κ3) is 2.34. The Hall–Kier alpha value is -1.74. The fourth-order valence-electron chi connectivity index (χ4n) is 2.95. The summed E-state index contributed by atoms with van der Waals surface area (Å²) in [6.07, 6.45) is 4.58. The summed E-state index contributed by atoms with van der Waals surface area (Å²) in [6, 6.07) is 10.6. The molecule has 0 spiro atoms. The molecular formula is C17H19N3. The molecule has 2 aliphatic rings. The van der Waals surface area contributed by atoms with E-state index in [4.69, 9.17) is 9.97 Å². The largest absolute Gasteiger partial charge is 0.307 e. The Kier molecular flexibility index (Phi) is 3.00. The summed E-state index contributed by atoms with van der Waals surface area (Å²) >= 11 is 0. The quantitative estimate of drug-likeness (QED) is 0.923. The summed E-state index contributed by atoms with van der Waals surface area (Å²) in [5, 5.41) is 3.41. The van der Waals surface area contributed by atoms with Crippen molar-refractivity contribution in [1.82, 2.24) is 15.3 Å². The van der Waals surface area contributed by atoms with Gasteiger partial charge in [-0.3, -0.25) is 0 Å². The molecule has 1 aromatic carbocycles. The van der Waals surface area contributed by atoms with Crippen LogP contribution in [0.15, 0.2) is 30.3 Å². The van der Waals surface area contributed by atoms with Crippen molar-refractivity contribution in [2.45, 2.75) is 44.7 Å². The van der Waals surface area contributed by atoms with Gasteiger partial charge in [-0.1, -0.05) is 30.3 Å². The van der Waals surface area contributed by atoms with E-state index < -0.39 is 0 Å². The van der Waals surface area contributed by atoms with Gasteiger partial charge in [-0.25, -0.2) is 9.97 Å². The molecule has 1 saturated carbocycles. The molecular weight excluding hydrogens is 246 g/mol. The first-order valence-corrected chi connectivity index (χ1v) is 7.53. The van der Waals surface area contributed by atoms with Gasteiger partial charge >= 0.3 is 0 Å². The smallest absolute Gasteiger partial charge is 0.129 e. The molecule has 3 nitrogen and oxygen atoms in total. The number of benzene rings is 1. The number of rotatable bonds is 4. The van der Waals surface area contributed by atoms with Gasteiger partial charge in [0, 0.05) is 31.0 Å². The van der Waals surface area contributed by atoms with E-state index in [9.17, 15) is 0 Å². The minimum absolute atomic E-state index is 0.710. The van der Waals surface area contributed by atoms with E-state index >= 15 is 0 Å². The van der Waals surface area contributed by atoms with Gasteiger partial charge in [0.05, 0.1) is 11.4 Å². The number of nitrogens with zero attached hydrogens (tertiary/aromatic N) is 2. The molecule has 1 aliphatic heterocycles. The monoisotopic (exact) mass is 265 g/mol. The third-order valence-corrected chi connectivity index (χ3v) is 4.21. The van der Waals surface area contributed by atoms with Crippen molar-refractivity contribution < 1.29 is 0 Å². The molecule has 20 heavy (non-hydrogen) atoms. The van der Waals surface area contributed by atoms with Crippen LogP contribution in [-0.4, -0.2) is 9.97 Å². The van der Waals surface area contributed by atoms with Gasteiger partial charge in [-0.15, -0.1) is 0 Å². The number of aromatic nitrogens is 2. The van der Waals surface area contributed by atoms with Crippen LogP contribution in [0.4, 0.5) is 0 Å². The summed E-state index contributed by atoms with van der Waals surface area (Å²) in [6.45, 7) is 1.87. The van der Waals surface area contributed by atoms with Crippen LogP contribution in [0.5, 0.6) is 0 Å². The molecule has 1 aromatic heterocycles. The lowest BCUT2D eigenvalue weighted by molar-refractivity contribution is 0.753. The summed E-state index contributed by atoms with van der Waals surface area (Å²) in [5.74, 6) is 1.74. The lowest BCUT2D eigenvalue weighted by Crippen LogP contribution is -2.06. The maximum absolute atomic E-state index is 4.87. The van der Waals surface area contributed by atoms with Crippen molar-refractivity contribution in [3.63, 3.8) is 0 Å². The van der Waals surface area contributed by atoms with E-state index in [2.05, 4.69) is 35.6 Å². The Balaban J connectivity index is 1.57. The molecule has 0 atom stereocenters. The number of nitrogens with one attached hydrogen (secondary N) is 1. The standard InChI is InChI=1S/C17H19N3/c1-2-4-12(5-3-1)6-9-16-19-15-11-18-10-14(15)17(20-16)13-7-8-13/h1-5,13,18H,6-11H2. The summed E-state index contributed by atoms with van der Waals surface area (Å²) in [5.41, 5.74) is 5.33. The highest BCUT2D eigenvalue weighted by Gasteiger charge is 2.31. The fraction of sp³-hybridized carbons (Fsp3) is 0.412. The van der Waals surface area contributed by atoms with Crippen LogP contribution in [0.25, 0.3) is 0 Å². The van der Waals surface area contributed by atoms with Crippen LogP contribution in [0.1, 0.15) is 47.1 Å². The van der Waals surface area contributed by atoms with Crippen molar-refractivity contribution in [2.24, 2.45) is 0 Å². The Labute approximate surface area is 119 Å². The number of fused-ring (bicyclic) bond motifs is 1. The normalized spacial score (nSPS) is 17.2. The first-order valence-electron chi connectivity index (χ1n) is 7.53. The zero-order valence-corrected chi connectivity index (χ0v) is 11.6. The predicted molar refractivity (Wildman–Crippen MR) is 78.4 cm³/mol. The lowest BCUT2D eigenvalue weighted by Gasteiger charge is -2.09. The van der Waals surface area contributed by atoms with Gasteiger partial charge in [-0.2, -0.15) is 0 Å². The van der Waals surface area contributed by atoms with E-state index in [1.807, 2.05) is 0 Å². The number of aryl methyl sites for hydroxylation is 2. The number of hydrogen-bond donors (Lipinski definition) is 1. The Morgan fingerprint density at radius 3 is 2.65 bits per heavy atom. The first kappa shape index (κ1) is 12.0. The van der Waals surface area contributed by atoms with Crippen LogP contribution in [-0.2, 0) is 25.9 Å². The van der Waals surface area contributed by atoms with E-state index in [-0.39, 0.29) is 0 Å². The predicted octanol–water partition coefficient (Wildman–Crippen LogP) is 2.74. The highest BCUT2D eigenvalue weighted by atomic mass is 15.0. The van der Waals surface area contributed by atoms with Crippen molar-refractivity contribution in [2.75, 3.05) is 0 Å². The average molecular weight is 265 g/mol. The molecule has 1 N–H and O–H groups in total. The zero-order chi connectivity index (χ0) is 13.4. The van der Waals surface area contributed by atoms with Crippen molar-refractivity contribution in [3.05, 3.63) is 58.7 Å². The second kappa shape index (κ2) is 4.98. The molecule has 0 saturated heterocycles. The first-order chi connectivity index (χ1) is 9.90. The summed E-state index contributed by atoms with van der Waals surface area (Å²) < 4.78 is 0. The van der Waals surface area contributed by atoms with Gasteiger partial charge in [0.2, 0.25) is 0 Å². The Bertz CT molecular complexity index is 618. The summed E-state index contributed by atoms with van der Waals surface area (Å²) in [7, 11) is 0. The third-order valence-electron chi connectivity index (χ3n) is 4.21. The Morgan fingerprint density at radius 1 is 1.00 bits per heavy atom. The maximum Gasteiger partial charge on any atom is 0.129 e. The van der Waals surface area contributed by atoms with Crippen molar-refractivity contribution in [1.29, 1.82) is 0 Å². The van der Waals surface area contributed by atoms with Gasteiger partial charge in [0.15, 0.2) is 0 Å². The SMILES string of the molecule is c1ccc(CCc2nc3c(c(C4CC4)n2)CNC3)cc1. The van der Waals surface area contributed by atoms with Crippen LogP contribution in [0, 0.1) is 0 Å². The van der Waals surface area contributed by atoms with E-state index in [1.54, 1.807) is 0 Å². The van der Waals surface area contributed by atoms with Crippen molar-refractivity contribution >= 4 is 0 Å². The van der Waals surface area contributed by atoms with Gasteiger partial charge in [-0.05, 0) is 24.8 Å². The molecule has 0 bridgehead atoms. The fourth-order valence-corrected chi connectivity index (χ4v) is 2.95. The molecule has 1 fully saturated rings. The van der Waals surface area contributed by atoms with Crippen LogP contribution < -0.4 is 5.32 Å². The molecule has 102 valence electrons. The van der Waals surface area contributed by atoms with Gasteiger partial charge in [0.1, 0.15) is 5.82 Å². The van der Waals surface area contributed by atoms with E-state index in [0.29, 0.717) is 5.92 Å². The number of hydrogen-bond acceptors (Lipinski definition) is 3. The van der Waals surface area contributed by atoms with Crippen molar-refractivity contribution in [3.8, 4) is 0 Å². The highest BCUT2D eigenvalue weighted by Crippen LogP contribution is 2.41. The minimum Gasteiger partial charge on any atom is -0.307 e. The van der Waals surface area contributed by atoms with Crippen LogP contribution in [0.2, 0.25) is 0 Å². The summed E-state index contributed by atoms with van der Waals surface area (Å²) in [4.78, 5) is 9.64. The second-order valence-corrected chi connectivity index (χ2v) is 5.81. The van der Waals surface area contributed by atoms with E-state index in [0.717, 1.165) is 31.8 Å². The van der Waals surface area contributed by atoms with Crippen LogP contribution >= 0.6 is 0 Å². The molecule has 0 radical (unpaired) electrons. The maximum atomic E-state index is 4.87. The minimum atomic E-state index is 0.710. The molecule has 1 aliphatic carbocycles. The Morgan fingerprint density at radius 2 is 1.85 bits per heavy atom. The van der Waals surface area contributed by atoms with Gasteiger partial charge in [0.25, 0.3) is 0 Å². The lowest BCUT2D eigenvalue weighted by atomic mass is 10.1. The molecule has 2 heterocycles. The molecule has 2 aromatic rings. The van der Waals surface area contributed by atoms with Crippen LogP contribution in [0.3, 0.4) is 0 Å². The zero-order valence-electron chi connectivity index (χ0n) is 11.6. The van der Waals surface area contributed by atoms with Gasteiger partial charge < -0.3 is 5.32 Å². The molecule has 0 amide bonds. The second-order valence-electron chi connectivity index (χ2n) is 5.81.